The Balaban J connectivity index is 1.83. The molecule has 1 saturated carbocycles. The van der Waals surface area contributed by atoms with Crippen molar-refractivity contribution >= 4 is 5.78 Å². The van der Waals surface area contributed by atoms with Crippen LogP contribution in [0, 0.1) is 11.1 Å². The second-order valence-corrected chi connectivity index (χ2v) is 7.52. The quantitative estimate of drug-likeness (QED) is 0.584. The van der Waals surface area contributed by atoms with E-state index in [4.69, 9.17) is 4.74 Å². The van der Waals surface area contributed by atoms with Crippen molar-refractivity contribution in [3.8, 4) is 11.5 Å². The number of hydrogen-bond donors (Lipinski definition) is 1. The van der Waals surface area contributed by atoms with Crippen LogP contribution in [-0.2, 0) is 16.6 Å². The van der Waals surface area contributed by atoms with Gasteiger partial charge in [-0.25, -0.2) is 0 Å². The number of phenols is 1. The predicted octanol–water partition coefficient (Wildman–Crippen LogP) is 1.64. The molecule has 116 valence electrons. The number of ketones is 1. The van der Waals surface area contributed by atoms with Crippen LogP contribution in [0.15, 0.2) is 12.1 Å². The Morgan fingerprint density at radius 1 is 1.45 bits per heavy atom. The van der Waals surface area contributed by atoms with Gasteiger partial charge in [-0.15, -0.1) is 0 Å². The van der Waals surface area contributed by atoms with Crippen molar-refractivity contribution in [3.63, 3.8) is 0 Å². The topological polar surface area (TPSA) is 69.6 Å². The third-order valence-electron chi connectivity index (χ3n) is 6.61. The van der Waals surface area contributed by atoms with Gasteiger partial charge in [0.25, 0.3) is 0 Å². The maximum atomic E-state index is 13.0. The number of likely N-dealkylation sites (tertiary alicyclic amines) is 1. The van der Waals surface area contributed by atoms with Gasteiger partial charge in [0.05, 0.1) is 25.0 Å². The highest BCUT2D eigenvalue weighted by molar-refractivity contribution is 5.89. The van der Waals surface area contributed by atoms with Crippen molar-refractivity contribution < 1.29 is 19.3 Å². The summed E-state index contributed by atoms with van der Waals surface area (Å²) >= 11 is 0. The van der Waals surface area contributed by atoms with E-state index in [0.29, 0.717) is 25.1 Å². The Bertz CT molecular complexity index is 713. The molecule has 1 aromatic rings. The van der Waals surface area contributed by atoms with Gasteiger partial charge in [-0.1, -0.05) is 6.07 Å². The molecule has 4 aliphatic rings. The van der Waals surface area contributed by atoms with Crippen LogP contribution in [0.3, 0.4) is 0 Å². The van der Waals surface area contributed by atoms with Crippen LogP contribution < -0.4 is 4.74 Å². The third-order valence-corrected chi connectivity index (χ3v) is 6.61. The maximum Gasteiger partial charge on any atom is 0.174 e. The van der Waals surface area contributed by atoms with Gasteiger partial charge in [0.15, 0.2) is 23.4 Å². The number of benzene rings is 1. The molecule has 2 heterocycles. The molecular weight excluding hydrogens is 282 g/mol. The lowest BCUT2D eigenvalue weighted by molar-refractivity contribution is -0.899. The van der Waals surface area contributed by atoms with Crippen molar-refractivity contribution in [3.05, 3.63) is 28.5 Å². The Hall–Kier alpha value is -1.59. The first-order valence-electron chi connectivity index (χ1n) is 8.06. The second-order valence-electron chi connectivity index (χ2n) is 7.52. The largest absolute Gasteiger partial charge is 0.633 e. The number of ether oxygens (including phenoxy) is 1. The Kier molecular flexibility index (Phi) is 2.15. The van der Waals surface area contributed by atoms with Gasteiger partial charge < -0.3 is 19.7 Å². The number of carbonyl (C=O) groups excluding carboxylic acids is 1. The zero-order valence-corrected chi connectivity index (χ0v) is 12.5. The lowest BCUT2D eigenvalue weighted by Gasteiger charge is -2.62. The molecule has 1 saturated heterocycles. The van der Waals surface area contributed by atoms with Crippen LogP contribution in [-0.4, -0.2) is 41.3 Å². The summed E-state index contributed by atoms with van der Waals surface area (Å²) in [5.41, 5.74) is 1.75. The molecule has 5 atom stereocenters. The van der Waals surface area contributed by atoms with E-state index in [1.165, 1.54) is 0 Å². The van der Waals surface area contributed by atoms with Gasteiger partial charge in [0, 0.05) is 30.7 Å². The third kappa shape index (κ3) is 1.23. The van der Waals surface area contributed by atoms with Gasteiger partial charge in [-0.05, 0) is 18.1 Å². The summed E-state index contributed by atoms with van der Waals surface area (Å²) in [5, 5.41) is 23.2. The number of phenolic OH excluding ortho intramolecular Hbond substituents is 1. The molecule has 0 amide bonds. The molecule has 5 rings (SSSR count). The molecule has 2 aliphatic carbocycles. The average molecular weight is 301 g/mol. The highest BCUT2D eigenvalue weighted by Crippen LogP contribution is 2.63. The standard InChI is InChI=1S/C17H19NO4/c1-18(21)7-6-17-10-3-5-13(20)16(17)22-15-12(19)4-2-9(14(15)17)8-11(10)18/h2,4,10-11,16,19H,3,5-8H2,1H3/t10-,11+,16?,17-,18?/m0/s1. The summed E-state index contributed by atoms with van der Waals surface area (Å²) in [4.78, 5) is 12.5. The number of piperidine rings is 1. The average Bonchev–Trinajstić information content (AvgIpc) is 2.84. The fraction of sp³-hybridized carbons (Fsp3) is 0.588. The van der Waals surface area contributed by atoms with E-state index in [-0.39, 0.29) is 33.6 Å². The summed E-state index contributed by atoms with van der Waals surface area (Å²) in [7, 11) is 1.77. The number of aromatic hydroxyl groups is 1. The first kappa shape index (κ1) is 12.9. The lowest BCUT2D eigenvalue weighted by atomic mass is 9.51. The molecule has 0 radical (unpaired) electrons. The predicted molar refractivity (Wildman–Crippen MR) is 78.5 cm³/mol. The van der Waals surface area contributed by atoms with Gasteiger partial charge >= 0.3 is 0 Å². The molecule has 1 N–H and O–H groups in total. The number of hydroxylamine groups is 3. The van der Waals surface area contributed by atoms with E-state index in [0.717, 1.165) is 24.0 Å². The summed E-state index contributed by atoms with van der Waals surface area (Å²) in [6.45, 7) is 0.517. The van der Waals surface area contributed by atoms with Gasteiger partial charge in [0.1, 0.15) is 0 Å². The number of nitrogens with zero attached hydrogens (tertiary/aromatic N) is 1. The fourth-order valence-electron chi connectivity index (χ4n) is 5.68. The van der Waals surface area contributed by atoms with E-state index in [1.807, 2.05) is 6.07 Å². The van der Waals surface area contributed by atoms with Crippen molar-refractivity contribution in [2.45, 2.75) is 43.2 Å². The lowest BCUT2D eigenvalue weighted by Crippen LogP contribution is -2.70. The minimum atomic E-state index is -0.503. The molecule has 2 unspecified atom stereocenters. The van der Waals surface area contributed by atoms with Gasteiger partial charge in [-0.2, -0.15) is 0 Å². The zero-order valence-electron chi connectivity index (χ0n) is 12.5. The number of quaternary nitrogens is 1. The fourth-order valence-corrected chi connectivity index (χ4v) is 5.68. The van der Waals surface area contributed by atoms with Crippen LogP contribution in [0.5, 0.6) is 11.5 Å². The number of rotatable bonds is 0. The Morgan fingerprint density at radius 3 is 3.09 bits per heavy atom. The SMILES string of the molecule is C[N+]1([O-])CC[C@]23c4c5ccc(O)c4OC2C(=O)CC[C@H]3[C@H]1C5. The summed E-state index contributed by atoms with van der Waals surface area (Å²) in [6, 6.07) is 3.54. The molecule has 0 aromatic heterocycles. The van der Waals surface area contributed by atoms with Crippen LogP contribution in [0.2, 0.25) is 0 Å². The first-order valence-corrected chi connectivity index (χ1v) is 8.06. The molecule has 1 aromatic carbocycles. The van der Waals surface area contributed by atoms with Gasteiger partial charge in [-0.3, -0.25) is 4.79 Å². The van der Waals surface area contributed by atoms with E-state index in [9.17, 15) is 15.1 Å². The number of likely N-dealkylation sites (N-methyl/N-ethyl adjacent to an activating group) is 1. The van der Waals surface area contributed by atoms with Gasteiger partial charge in [0.2, 0.25) is 0 Å². The highest BCUT2D eigenvalue weighted by atomic mass is 16.5. The summed E-state index contributed by atoms with van der Waals surface area (Å²) in [6.07, 6.45) is 2.15. The van der Waals surface area contributed by atoms with Crippen LogP contribution in [0.4, 0.5) is 0 Å². The first-order chi connectivity index (χ1) is 10.4. The molecule has 5 nitrogen and oxygen atoms in total. The number of hydrogen-bond acceptors (Lipinski definition) is 4. The molecule has 2 fully saturated rings. The minimum absolute atomic E-state index is 0.00376. The molecule has 2 bridgehead atoms. The van der Waals surface area contributed by atoms with E-state index >= 15 is 0 Å². The van der Waals surface area contributed by atoms with Crippen LogP contribution in [0.25, 0.3) is 0 Å². The number of carbonyl (C=O) groups is 1. The molecule has 2 aliphatic heterocycles. The highest BCUT2D eigenvalue weighted by Gasteiger charge is 2.68. The Labute approximate surface area is 128 Å². The summed E-state index contributed by atoms with van der Waals surface area (Å²) < 4.78 is 5.76. The molecular formula is C17H19NO4. The van der Waals surface area contributed by atoms with Crippen molar-refractivity contribution in [2.24, 2.45) is 5.92 Å². The van der Waals surface area contributed by atoms with Crippen LogP contribution >= 0.6 is 0 Å². The van der Waals surface area contributed by atoms with Crippen molar-refractivity contribution in [1.82, 2.24) is 0 Å². The minimum Gasteiger partial charge on any atom is -0.633 e. The van der Waals surface area contributed by atoms with E-state index in [2.05, 4.69) is 0 Å². The normalized spacial score (nSPS) is 44.5. The monoisotopic (exact) mass is 301 g/mol. The second kappa shape index (κ2) is 3.66. The smallest absolute Gasteiger partial charge is 0.174 e. The maximum absolute atomic E-state index is 13.0. The van der Waals surface area contributed by atoms with E-state index < -0.39 is 6.10 Å². The number of Topliss-reactive ketones (excluding diaryl/α,β-unsaturated/α-hetero) is 1. The van der Waals surface area contributed by atoms with Crippen molar-refractivity contribution in [1.29, 1.82) is 0 Å². The zero-order chi connectivity index (χ0) is 15.3. The molecule has 5 heteroatoms. The molecule has 22 heavy (non-hydrogen) atoms. The van der Waals surface area contributed by atoms with E-state index in [1.54, 1.807) is 13.1 Å². The Morgan fingerprint density at radius 2 is 2.27 bits per heavy atom. The molecule has 1 spiro atoms. The van der Waals surface area contributed by atoms with Crippen LogP contribution in [0.1, 0.15) is 30.4 Å². The summed E-state index contributed by atoms with van der Waals surface area (Å²) in [5.74, 6) is 0.933. The van der Waals surface area contributed by atoms with Crippen molar-refractivity contribution in [2.75, 3.05) is 13.6 Å².